The molecule has 0 bridgehead atoms. The number of halogens is 1. The summed E-state index contributed by atoms with van der Waals surface area (Å²) in [5, 5.41) is 8.67. The van der Waals surface area contributed by atoms with Crippen LogP contribution in [-0.2, 0) is 0 Å². The molecule has 0 aliphatic carbocycles. The fraction of sp³-hybridized carbons (Fsp3) is 0.0833. The number of aliphatic hydroxyl groups is 1. The lowest BCUT2D eigenvalue weighted by molar-refractivity contribution is 0.361. The molecule has 1 aromatic heterocycles. The molecule has 1 heterocycles. The van der Waals surface area contributed by atoms with Gasteiger partial charge < -0.3 is 16.6 Å². The highest BCUT2D eigenvalue weighted by atomic mass is 19.1. The fourth-order valence-corrected chi connectivity index (χ4v) is 1.55. The average Bonchev–Trinajstić information content (AvgIpc) is 2.41. The molecule has 0 aliphatic rings. The molecule has 0 unspecified atom stereocenters. The van der Waals surface area contributed by atoms with Crippen LogP contribution in [0.3, 0.4) is 0 Å². The van der Waals surface area contributed by atoms with Crippen LogP contribution in [0, 0.1) is 5.82 Å². The van der Waals surface area contributed by atoms with Gasteiger partial charge in [0.1, 0.15) is 5.69 Å². The number of aromatic nitrogens is 2. The van der Waals surface area contributed by atoms with Crippen molar-refractivity contribution in [3.63, 3.8) is 0 Å². The van der Waals surface area contributed by atoms with Crippen molar-refractivity contribution in [3.8, 4) is 11.3 Å². The van der Waals surface area contributed by atoms with Gasteiger partial charge in [0.25, 0.3) is 0 Å². The Hall–Kier alpha value is -2.54. The first kappa shape index (κ1) is 12.9. The second-order valence-electron chi connectivity index (χ2n) is 3.67. The molecule has 98 valence electrons. The summed E-state index contributed by atoms with van der Waals surface area (Å²) in [5.74, 6) is -1.12. The van der Waals surface area contributed by atoms with Crippen LogP contribution < -0.4 is 11.5 Å². The second kappa shape index (κ2) is 5.40. The van der Waals surface area contributed by atoms with Crippen molar-refractivity contribution in [3.05, 3.63) is 30.1 Å². The summed E-state index contributed by atoms with van der Waals surface area (Å²) in [5.41, 5.74) is 11.9. The Balaban J connectivity index is 2.50. The maximum Gasteiger partial charge on any atom is 0.222 e. The Bertz CT molecular complexity index is 630. The quantitative estimate of drug-likeness (QED) is 0.717. The zero-order valence-corrected chi connectivity index (χ0v) is 9.92. The predicted octanol–water partition coefficient (Wildman–Crippen LogP) is 1.14. The van der Waals surface area contributed by atoms with Gasteiger partial charge in [-0.2, -0.15) is 4.98 Å². The van der Waals surface area contributed by atoms with Gasteiger partial charge in [0.2, 0.25) is 5.95 Å². The maximum absolute atomic E-state index is 13.9. The number of nitrogens with two attached hydrogens (primary N) is 2. The highest BCUT2D eigenvalue weighted by molar-refractivity contribution is 5.70. The van der Waals surface area contributed by atoms with E-state index in [2.05, 4.69) is 15.0 Å². The van der Waals surface area contributed by atoms with Crippen molar-refractivity contribution in [2.45, 2.75) is 0 Å². The molecule has 5 N–H and O–H groups in total. The smallest absolute Gasteiger partial charge is 0.222 e. The van der Waals surface area contributed by atoms with Gasteiger partial charge in [0.15, 0.2) is 11.6 Å². The van der Waals surface area contributed by atoms with E-state index in [1.54, 1.807) is 24.3 Å². The van der Waals surface area contributed by atoms with E-state index in [0.717, 1.165) is 0 Å². The first-order chi connectivity index (χ1) is 9.11. The third-order valence-corrected chi connectivity index (χ3v) is 2.34. The Morgan fingerprint density at radius 1 is 1.32 bits per heavy atom. The number of aliphatic imine (C=N–C) groups is 1. The number of rotatable bonds is 3. The van der Waals surface area contributed by atoms with Crippen molar-refractivity contribution in [2.24, 2.45) is 4.99 Å². The number of aliphatic hydroxyl groups excluding tert-OH is 1. The maximum atomic E-state index is 13.9. The highest BCUT2D eigenvalue weighted by Crippen LogP contribution is 2.27. The van der Waals surface area contributed by atoms with Crippen LogP contribution in [0.2, 0.25) is 0 Å². The number of hydrogen-bond donors (Lipinski definition) is 3. The first-order valence-electron chi connectivity index (χ1n) is 5.44. The van der Waals surface area contributed by atoms with Gasteiger partial charge in [-0.25, -0.2) is 9.37 Å². The molecule has 1 aromatic carbocycles. The van der Waals surface area contributed by atoms with Crippen molar-refractivity contribution in [2.75, 3.05) is 18.1 Å². The van der Waals surface area contributed by atoms with Gasteiger partial charge in [0.05, 0.1) is 12.3 Å². The van der Waals surface area contributed by atoms with Gasteiger partial charge >= 0.3 is 0 Å². The van der Waals surface area contributed by atoms with Crippen molar-refractivity contribution in [1.82, 2.24) is 9.97 Å². The Kier molecular flexibility index (Phi) is 3.67. The van der Waals surface area contributed by atoms with Crippen LogP contribution >= 0.6 is 0 Å². The van der Waals surface area contributed by atoms with E-state index < -0.39 is 5.82 Å². The molecule has 0 amide bonds. The van der Waals surface area contributed by atoms with Gasteiger partial charge in [-0.15, -0.1) is 0 Å². The molecule has 7 heteroatoms. The van der Waals surface area contributed by atoms with E-state index in [9.17, 15) is 4.39 Å². The van der Waals surface area contributed by atoms with Crippen molar-refractivity contribution >= 4 is 23.7 Å². The SMILES string of the molecule is Nc1nc(N)c(F)c(-c2cccc(N=CCO)c2)n1. The van der Waals surface area contributed by atoms with Gasteiger partial charge in [-0.3, -0.25) is 4.99 Å². The minimum atomic E-state index is -0.725. The fourth-order valence-electron chi connectivity index (χ4n) is 1.55. The van der Waals surface area contributed by atoms with E-state index in [4.69, 9.17) is 16.6 Å². The second-order valence-corrected chi connectivity index (χ2v) is 3.67. The molecule has 0 radical (unpaired) electrons. The summed E-state index contributed by atoms with van der Waals surface area (Å²) < 4.78 is 13.9. The normalized spacial score (nSPS) is 11.1. The standard InChI is InChI=1S/C12H12FN5O/c13-9-10(17-12(15)18-11(9)14)7-2-1-3-8(6-7)16-4-5-19/h1-4,6,19H,5H2,(H4,14,15,17,18). The summed E-state index contributed by atoms with van der Waals surface area (Å²) in [6.45, 7) is -0.175. The molecule has 0 saturated carbocycles. The molecular weight excluding hydrogens is 249 g/mol. The molecule has 0 aliphatic heterocycles. The molecule has 2 aromatic rings. The number of anilines is 2. The van der Waals surface area contributed by atoms with E-state index in [-0.39, 0.29) is 24.1 Å². The molecule has 2 rings (SSSR count). The topological polar surface area (TPSA) is 110 Å². The lowest BCUT2D eigenvalue weighted by Crippen LogP contribution is -2.05. The largest absolute Gasteiger partial charge is 0.391 e. The zero-order valence-electron chi connectivity index (χ0n) is 9.92. The molecular formula is C12H12FN5O. The summed E-state index contributed by atoms with van der Waals surface area (Å²) >= 11 is 0. The zero-order chi connectivity index (χ0) is 13.8. The van der Waals surface area contributed by atoms with Crippen LogP contribution in [-0.4, -0.2) is 27.9 Å². The van der Waals surface area contributed by atoms with Crippen LogP contribution in [0.25, 0.3) is 11.3 Å². The molecule has 0 saturated heterocycles. The van der Waals surface area contributed by atoms with Crippen LogP contribution in [0.15, 0.2) is 29.3 Å². The molecule has 0 spiro atoms. The summed E-state index contributed by atoms with van der Waals surface area (Å²) in [6, 6.07) is 6.66. The minimum absolute atomic E-state index is 0.0195. The third-order valence-electron chi connectivity index (χ3n) is 2.34. The summed E-state index contributed by atoms with van der Waals surface area (Å²) in [6.07, 6.45) is 1.33. The number of benzene rings is 1. The summed E-state index contributed by atoms with van der Waals surface area (Å²) in [7, 11) is 0. The number of hydrogen-bond acceptors (Lipinski definition) is 6. The third kappa shape index (κ3) is 2.83. The number of nitrogen functional groups attached to an aromatic ring is 2. The van der Waals surface area contributed by atoms with E-state index >= 15 is 0 Å². The summed E-state index contributed by atoms with van der Waals surface area (Å²) in [4.78, 5) is 11.4. The Morgan fingerprint density at radius 2 is 2.11 bits per heavy atom. The lowest BCUT2D eigenvalue weighted by Gasteiger charge is -2.06. The van der Waals surface area contributed by atoms with Crippen molar-refractivity contribution in [1.29, 1.82) is 0 Å². The Labute approximate surface area is 108 Å². The van der Waals surface area contributed by atoms with Crippen LogP contribution in [0.5, 0.6) is 0 Å². The van der Waals surface area contributed by atoms with Gasteiger partial charge in [-0.1, -0.05) is 12.1 Å². The highest BCUT2D eigenvalue weighted by Gasteiger charge is 2.13. The molecule has 0 fully saturated rings. The van der Waals surface area contributed by atoms with E-state index in [0.29, 0.717) is 11.3 Å². The van der Waals surface area contributed by atoms with E-state index in [1.807, 2.05) is 0 Å². The van der Waals surface area contributed by atoms with Gasteiger partial charge in [0, 0.05) is 11.8 Å². The molecule has 6 nitrogen and oxygen atoms in total. The Morgan fingerprint density at radius 3 is 2.84 bits per heavy atom. The average molecular weight is 261 g/mol. The minimum Gasteiger partial charge on any atom is -0.391 e. The van der Waals surface area contributed by atoms with Crippen molar-refractivity contribution < 1.29 is 9.50 Å². The number of nitrogens with zero attached hydrogens (tertiary/aromatic N) is 3. The monoisotopic (exact) mass is 261 g/mol. The molecule has 0 atom stereocenters. The first-order valence-corrected chi connectivity index (χ1v) is 5.44. The lowest BCUT2D eigenvalue weighted by atomic mass is 10.1. The van der Waals surface area contributed by atoms with Crippen LogP contribution in [0.1, 0.15) is 0 Å². The van der Waals surface area contributed by atoms with Gasteiger partial charge in [-0.05, 0) is 12.1 Å². The predicted molar refractivity (Wildman–Crippen MR) is 71.5 cm³/mol. The van der Waals surface area contributed by atoms with Crippen LogP contribution in [0.4, 0.5) is 21.8 Å². The van der Waals surface area contributed by atoms with E-state index in [1.165, 1.54) is 6.21 Å². The molecule has 19 heavy (non-hydrogen) atoms.